The van der Waals surface area contributed by atoms with E-state index in [1.165, 1.54) is 6.20 Å². The first kappa shape index (κ1) is 85.8. The Hall–Kier alpha value is -14.6. The molecule has 35 nitrogen and oxygen atoms in total. The summed E-state index contributed by atoms with van der Waals surface area (Å²) in [5.74, 6) is 3.65. The van der Waals surface area contributed by atoms with E-state index in [1.807, 2.05) is 31.2 Å². The number of aromatic nitrogens is 5. The molecule has 18 rings (SSSR count). The van der Waals surface area contributed by atoms with Crippen LogP contribution >= 0.6 is 0 Å². The van der Waals surface area contributed by atoms with E-state index < -0.39 is 45.5 Å². The highest BCUT2D eigenvalue weighted by atomic mass is 32.2. The predicted octanol–water partition coefficient (Wildman–Crippen LogP) is 8.57. The number of nitrogens with two attached hydrogens (primary N) is 4. The zero-order chi connectivity index (χ0) is 86.8. The molecule has 36 heteroatoms. The van der Waals surface area contributed by atoms with Gasteiger partial charge in [0.1, 0.15) is 69.1 Å². The number of benzene rings is 5. The number of nitrogens with zero attached hydrogens (tertiary/aromatic N) is 7. The second kappa shape index (κ2) is 39.8. The Morgan fingerprint density at radius 2 is 0.879 bits per heavy atom. The van der Waals surface area contributed by atoms with Gasteiger partial charge in [0, 0.05) is 109 Å². The second-order valence-corrected chi connectivity index (χ2v) is 31.1. The smallest absolute Gasteiger partial charge is 0.252 e. The van der Waals surface area contributed by atoms with E-state index in [0.29, 0.717) is 148 Å². The third kappa shape index (κ3) is 22.0. The molecule has 12 heterocycles. The van der Waals surface area contributed by atoms with Crippen LogP contribution in [0.25, 0.3) is 0 Å². The van der Waals surface area contributed by atoms with Gasteiger partial charge in [0.25, 0.3) is 23.6 Å². The molecule has 3 fully saturated rings. The number of nitriles is 1. The van der Waals surface area contributed by atoms with Crippen LogP contribution < -0.4 is 89.8 Å². The molecule has 2 saturated heterocycles. The number of pyridine rings is 5. The van der Waals surface area contributed by atoms with Gasteiger partial charge in [0.15, 0.2) is 104 Å². The Morgan fingerprint density at radius 3 is 1.29 bits per heavy atom. The summed E-state index contributed by atoms with van der Waals surface area (Å²) in [6.07, 6.45) is 18.8. The largest absolute Gasteiger partial charge is 0.492 e. The first-order chi connectivity index (χ1) is 60.1. The summed E-state index contributed by atoms with van der Waals surface area (Å²) in [6.45, 7) is 7.14. The van der Waals surface area contributed by atoms with Gasteiger partial charge < -0.3 is 104 Å². The molecular weight excluding hydrogens is 1630 g/mol. The van der Waals surface area contributed by atoms with Crippen LogP contribution in [-0.4, -0.2) is 165 Å². The normalized spacial score (nSPS) is 18.4. The average molecular weight is 1710 g/mol. The van der Waals surface area contributed by atoms with Gasteiger partial charge in [-0.1, -0.05) is 30.3 Å². The maximum atomic E-state index is 11.9. The Balaban J connectivity index is 0.000000126. The minimum absolute atomic E-state index is 0.0307. The van der Waals surface area contributed by atoms with Crippen molar-refractivity contribution in [1.29, 1.82) is 5.26 Å². The average Bonchev–Trinajstić information content (AvgIpc) is 1.59. The van der Waals surface area contributed by atoms with Crippen LogP contribution in [-0.2, 0) is 42.0 Å². The molecule has 5 aromatic heterocycles. The molecule has 7 aliphatic heterocycles. The number of sulfone groups is 1. The highest BCUT2D eigenvalue weighted by molar-refractivity contribution is 7.90. The molecular formula is C88H86N12O23S. The van der Waals surface area contributed by atoms with Crippen molar-refractivity contribution in [3.05, 3.63) is 250 Å². The molecule has 642 valence electrons. The zero-order valence-corrected chi connectivity index (χ0v) is 67.9. The van der Waals surface area contributed by atoms with E-state index >= 15 is 0 Å². The Morgan fingerprint density at radius 1 is 0.484 bits per heavy atom. The molecule has 124 heavy (non-hydrogen) atoms. The van der Waals surface area contributed by atoms with Crippen LogP contribution in [0.4, 0.5) is 0 Å². The molecule has 10 aromatic rings. The van der Waals surface area contributed by atoms with Gasteiger partial charge in [-0.25, -0.2) is 8.42 Å². The molecule has 1 aliphatic carbocycles. The van der Waals surface area contributed by atoms with Gasteiger partial charge in [0.05, 0.1) is 72.8 Å². The Kier molecular flexibility index (Phi) is 27.5. The standard InChI is InChI=1S/C19H19N3O5.C19H19N3O4.C18H18N2O5.C16H14N2O5S.C16H16N2O4/c20-19(24)14-2-1-3-15-18(14)26-10-16(27-15)13-6-12(7-21-8-13)9-22-4-5-25-11-17(22)23;20-18(23)14-2-1-3-15-17(14)25-10-16(26-15)13-6-11(7-21-9-13)8-22-19(24)12-4-5-12;19-18(21)14-2-1-3-15-17(14)23-10-16(25-15)11-6-13(8-20-7-11)24-12-4-5-22-9-12;1-24(19,20)10-22-13-5-12(7-18-8-13)15-9-21-16-11(6-17)3-2-4-14(16)23-15;1-2-20-11-6-10(7-18-8-11)14-9-21-15-12(16(17)19)4-3-5-13(15)22-14/h1-3,6-8,16H,4-5,9-11H2,(H2,20,24);1-3,6-7,9,12,16H,4-5,8,10H2,(H2,20,23)(H,22,24);1-3,6-8,12,16H,4-5,9-10H2,(H2,19,21);2-5,7-8,15H,9-10H2,1H3;3-8,14H,2,9H2,1H3,(H2,17,19)/t;;12-,16?;;/m..1../s1. The number of para-hydroxylation sites is 5. The lowest BCUT2D eigenvalue weighted by Gasteiger charge is -2.29. The van der Waals surface area contributed by atoms with Crippen molar-refractivity contribution in [2.75, 3.05) is 84.8 Å². The lowest BCUT2D eigenvalue weighted by atomic mass is 10.1. The van der Waals surface area contributed by atoms with Crippen LogP contribution in [0.1, 0.15) is 143 Å². The predicted molar refractivity (Wildman–Crippen MR) is 439 cm³/mol. The summed E-state index contributed by atoms with van der Waals surface area (Å²) in [5, 5.41) is 12.0. The summed E-state index contributed by atoms with van der Waals surface area (Å²) < 4.78 is 108. The highest BCUT2D eigenvalue weighted by Gasteiger charge is 2.34. The van der Waals surface area contributed by atoms with Crippen molar-refractivity contribution >= 4 is 45.3 Å². The number of carbonyl (C=O) groups excluding carboxylic acids is 6. The number of rotatable bonds is 21. The van der Waals surface area contributed by atoms with Gasteiger partial charge in [-0.15, -0.1) is 0 Å². The van der Waals surface area contributed by atoms with E-state index in [2.05, 4.69) is 36.3 Å². The maximum absolute atomic E-state index is 11.9. The molecule has 9 N–H and O–H groups in total. The number of fused-ring (bicyclic) bond motifs is 5. The Labute approximate surface area is 710 Å². The van der Waals surface area contributed by atoms with Crippen LogP contribution in [0.2, 0.25) is 0 Å². The molecule has 1 saturated carbocycles. The fourth-order valence-corrected chi connectivity index (χ4v) is 13.9. The molecule has 8 aliphatic rings. The first-order valence-corrected chi connectivity index (χ1v) is 41.4. The molecule has 5 aromatic carbocycles. The SMILES string of the molecule is CCOc1cncc(C2COc3c(cccc3C(N)=O)O2)c1.CS(=O)(=O)COc1cncc(C2COc3c(C#N)cccc3O2)c1.NC(=O)c1cccc2c1OCC(c1cncc(CN3CCOCC3=O)c1)O2.NC(=O)c1cccc2c1OCC(c1cncc(CNC(=O)C3CC3)c1)O2.NC(=O)c1cccc2c1OCC(c1cncc(O[C@@H]3CCOC3)c1)O2. The number of hydrogen-bond donors (Lipinski definition) is 5. The monoisotopic (exact) mass is 1710 g/mol. The molecule has 0 radical (unpaired) electrons. The third-order valence-corrected chi connectivity index (χ3v) is 20.4. The summed E-state index contributed by atoms with van der Waals surface area (Å²) in [5.41, 5.74) is 29.0. The first-order valence-electron chi connectivity index (χ1n) is 39.3. The van der Waals surface area contributed by atoms with Gasteiger partial charge in [0.2, 0.25) is 11.8 Å². The summed E-state index contributed by atoms with van der Waals surface area (Å²) in [7, 11) is -3.24. The van der Waals surface area contributed by atoms with E-state index in [9.17, 15) is 37.2 Å². The fraction of sp³-hybridized carbons (Fsp3) is 0.295. The van der Waals surface area contributed by atoms with Crippen molar-refractivity contribution in [1.82, 2.24) is 35.1 Å². The van der Waals surface area contributed by atoms with Gasteiger partial charge in [-0.05, 0) is 122 Å². The molecule has 5 unspecified atom stereocenters. The molecule has 0 spiro atoms. The Bertz CT molecular complexity index is 5750. The number of ether oxygens (including phenoxy) is 15. The zero-order valence-electron chi connectivity index (χ0n) is 67.1. The van der Waals surface area contributed by atoms with Gasteiger partial charge in [-0.2, -0.15) is 5.26 Å². The van der Waals surface area contributed by atoms with Crippen LogP contribution in [0.5, 0.6) is 74.7 Å². The molecule has 0 bridgehead atoms. The van der Waals surface area contributed by atoms with Crippen molar-refractivity contribution in [2.45, 2.75) is 75.9 Å². The molecule has 6 atom stereocenters. The third-order valence-electron chi connectivity index (χ3n) is 19.8. The second-order valence-electron chi connectivity index (χ2n) is 29.0. The topological polar surface area (TPSA) is 483 Å². The summed E-state index contributed by atoms with van der Waals surface area (Å²) in [6, 6.07) is 36.7. The van der Waals surface area contributed by atoms with Crippen molar-refractivity contribution < 1.29 is 108 Å². The number of morpholine rings is 1. The van der Waals surface area contributed by atoms with Crippen LogP contribution in [0, 0.1) is 17.2 Å². The summed E-state index contributed by atoms with van der Waals surface area (Å²) in [4.78, 5) is 92.3. The van der Waals surface area contributed by atoms with E-state index in [1.54, 1.807) is 158 Å². The lowest BCUT2D eigenvalue weighted by molar-refractivity contribution is -0.143. The molecule has 6 amide bonds. The minimum atomic E-state index is -3.24. The van der Waals surface area contributed by atoms with Crippen LogP contribution in [0.15, 0.2) is 183 Å². The van der Waals surface area contributed by atoms with Crippen molar-refractivity contribution in [2.24, 2.45) is 28.9 Å². The van der Waals surface area contributed by atoms with E-state index in [0.717, 1.165) is 65.5 Å². The van der Waals surface area contributed by atoms with Gasteiger partial charge in [-0.3, -0.25) is 53.7 Å². The van der Waals surface area contributed by atoms with Crippen molar-refractivity contribution in [3.8, 4) is 80.8 Å². The number of carbonyl (C=O) groups is 6. The van der Waals surface area contributed by atoms with Gasteiger partial charge >= 0.3 is 0 Å². The van der Waals surface area contributed by atoms with E-state index in [-0.39, 0.29) is 87.9 Å². The summed E-state index contributed by atoms with van der Waals surface area (Å²) >= 11 is 0. The van der Waals surface area contributed by atoms with E-state index in [4.69, 9.17) is 99.2 Å². The lowest BCUT2D eigenvalue weighted by Crippen LogP contribution is -2.41. The fourth-order valence-electron chi connectivity index (χ4n) is 13.6. The maximum Gasteiger partial charge on any atom is 0.252 e. The number of primary amides is 4. The quantitative estimate of drug-likeness (QED) is 0.0449. The number of nitrogens with one attached hydrogen (secondary N) is 1. The van der Waals surface area contributed by atoms with Crippen LogP contribution in [0.3, 0.4) is 0 Å². The van der Waals surface area contributed by atoms with Crippen molar-refractivity contribution in [3.63, 3.8) is 0 Å². The number of amides is 6. The minimum Gasteiger partial charge on any atom is -0.492 e. The number of hydrogen-bond acceptors (Lipinski definition) is 29. The highest BCUT2D eigenvalue weighted by Crippen LogP contribution is 2.45.